The predicted octanol–water partition coefficient (Wildman–Crippen LogP) is 4.15. The first-order valence-electron chi connectivity index (χ1n) is 19.1. The van der Waals surface area contributed by atoms with Gasteiger partial charge >= 0.3 is 0 Å². The van der Waals surface area contributed by atoms with Crippen LogP contribution in [0.5, 0.6) is 0 Å². The molecule has 0 aromatic heterocycles. The van der Waals surface area contributed by atoms with Crippen LogP contribution >= 0.6 is 11.6 Å². The SMILES string of the molecule is O=C1CNC(=O)C(Cc2ccc(NC(=O)C(Cc3ccccc3Cl)NC(=O)Cc3ccccc3)cc2)NC(=O)CC2(CCCC2)CC(=O)NCCCCCN1. The van der Waals surface area contributed by atoms with E-state index in [0.717, 1.165) is 50.5 Å². The number of anilines is 1. The number of carbonyl (C=O) groups excluding carboxylic acids is 6. The first-order valence-corrected chi connectivity index (χ1v) is 19.5. The zero-order valence-corrected chi connectivity index (χ0v) is 31.9. The molecule has 0 bridgehead atoms. The second-order valence-corrected chi connectivity index (χ2v) is 15.0. The van der Waals surface area contributed by atoms with E-state index in [-0.39, 0.29) is 62.3 Å². The summed E-state index contributed by atoms with van der Waals surface area (Å²) in [6.45, 7) is 0.771. The van der Waals surface area contributed by atoms with E-state index in [1.54, 1.807) is 36.4 Å². The molecule has 2 aliphatic rings. The molecule has 5 rings (SSSR count). The lowest BCUT2D eigenvalue weighted by molar-refractivity contribution is -0.132. The molecule has 2 fully saturated rings. The molecule has 1 saturated heterocycles. The predicted molar refractivity (Wildman–Crippen MR) is 211 cm³/mol. The third kappa shape index (κ3) is 13.2. The Balaban J connectivity index is 1.27. The number of rotatable bonds is 9. The quantitative estimate of drug-likeness (QED) is 0.191. The van der Waals surface area contributed by atoms with Gasteiger partial charge < -0.3 is 31.9 Å². The van der Waals surface area contributed by atoms with Crippen molar-refractivity contribution in [3.63, 3.8) is 0 Å². The molecule has 55 heavy (non-hydrogen) atoms. The summed E-state index contributed by atoms with van der Waals surface area (Å²) in [7, 11) is 0. The largest absolute Gasteiger partial charge is 0.356 e. The van der Waals surface area contributed by atoms with Crippen molar-refractivity contribution in [2.45, 2.75) is 89.1 Å². The Hall–Kier alpha value is -5.23. The average molecular weight is 771 g/mol. The summed E-state index contributed by atoms with van der Waals surface area (Å²) in [6.07, 6.45) is 6.53. The number of hydrogen-bond acceptors (Lipinski definition) is 6. The molecule has 6 amide bonds. The summed E-state index contributed by atoms with van der Waals surface area (Å²) < 4.78 is 0. The highest BCUT2D eigenvalue weighted by molar-refractivity contribution is 6.31. The summed E-state index contributed by atoms with van der Waals surface area (Å²) in [5, 5.41) is 17.6. The van der Waals surface area contributed by atoms with Crippen LogP contribution in [0.15, 0.2) is 78.9 Å². The third-order valence-electron chi connectivity index (χ3n) is 10.2. The average Bonchev–Trinajstić information content (AvgIpc) is 3.61. The van der Waals surface area contributed by atoms with Gasteiger partial charge in [-0.15, -0.1) is 0 Å². The highest BCUT2D eigenvalue weighted by Gasteiger charge is 2.38. The Bertz CT molecular complexity index is 1800. The smallest absolute Gasteiger partial charge is 0.247 e. The highest BCUT2D eigenvalue weighted by atomic mass is 35.5. The first kappa shape index (κ1) is 40.9. The van der Waals surface area contributed by atoms with E-state index >= 15 is 0 Å². The number of halogens is 1. The van der Waals surface area contributed by atoms with Gasteiger partial charge in [-0.05, 0) is 72.4 Å². The molecule has 292 valence electrons. The molecular weight excluding hydrogens is 720 g/mol. The Labute approximate surface area is 327 Å². The topological polar surface area (TPSA) is 175 Å². The summed E-state index contributed by atoms with van der Waals surface area (Å²) in [5.41, 5.74) is 2.22. The molecule has 1 aliphatic heterocycles. The fourth-order valence-electron chi connectivity index (χ4n) is 7.28. The van der Waals surface area contributed by atoms with E-state index in [2.05, 4.69) is 31.9 Å². The van der Waals surface area contributed by atoms with E-state index in [1.165, 1.54) is 0 Å². The molecule has 12 nitrogen and oxygen atoms in total. The van der Waals surface area contributed by atoms with Crippen molar-refractivity contribution in [2.24, 2.45) is 5.41 Å². The van der Waals surface area contributed by atoms with Crippen molar-refractivity contribution in [2.75, 3.05) is 25.0 Å². The molecule has 3 aromatic rings. The standard InChI is InChI=1S/C42H51ClN6O6/c43-33-14-6-5-13-31(33)25-35(48-36(50)24-29-11-3-1-4-12-29)41(55)47-32-17-15-30(16-18-32)23-34-40(54)46-28-39(53)45-22-10-2-9-21-44-37(51)26-42(19-7-8-20-42)27-38(52)49-34/h1,3-6,11-18,34-35H,2,7-10,19-28H2,(H,44,51)(H,45,53)(H,46,54)(H,47,55)(H,48,50)(H,49,52). The van der Waals surface area contributed by atoms with Gasteiger partial charge in [0, 0.05) is 49.5 Å². The maximum Gasteiger partial charge on any atom is 0.247 e. The fraction of sp³-hybridized carbons (Fsp3) is 0.429. The number of amides is 6. The molecule has 1 heterocycles. The third-order valence-corrected chi connectivity index (χ3v) is 10.6. The van der Waals surface area contributed by atoms with Gasteiger partial charge in [-0.2, -0.15) is 0 Å². The molecule has 6 N–H and O–H groups in total. The van der Waals surface area contributed by atoms with Gasteiger partial charge in [-0.3, -0.25) is 28.8 Å². The minimum atomic E-state index is -0.994. The van der Waals surface area contributed by atoms with Crippen molar-refractivity contribution in [3.05, 3.63) is 101 Å². The van der Waals surface area contributed by atoms with Crippen molar-refractivity contribution in [1.82, 2.24) is 26.6 Å². The molecule has 0 radical (unpaired) electrons. The number of nitrogens with one attached hydrogen (secondary N) is 6. The van der Waals surface area contributed by atoms with Crippen LogP contribution in [0.1, 0.15) is 74.5 Å². The molecular formula is C42H51ClN6O6. The van der Waals surface area contributed by atoms with Gasteiger partial charge in [0.15, 0.2) is 0 Å². The maximum atomic E-state index is 13.6. The van der Waals surface area contributed by atoms with Gasteiger partial charge in [0.1, 0.15) is 12.1 Å². The second kappa shape index (κ2) is 20.5. The monoisotopic (exact) mass is 770 g/mol. The van der Waals surface area contributed by atoms with Gasteiger partial charge in [-0.25, -0.2) is 0 Å². The maximum absolute atomic E-state index is 13.6. The molecule has 1 saturated carbocycles. The van der Waals surface area contributed by atoms with Crippen LogP contribution in [0.4, 0.5) is 5.69 Å². The van der Waals surface area contributed by atoms with Crippen LogP contribution in [-0.4, -0.2) is 67.2 Å². The lowest BCUT2D eigenvalue weighted by Gasteiger charge is -2.29. The van der Waals surface area contributed by atoms with Gasteiger partial charge in [0.25, 0.3) is 0 Å². The Morgan fingerprint density at radius 3 is 2.09 bits per heavy atom. The van der Waals surface area contributed by atoms with Crippen molar-refractivity contribution < 1.29 is 28.8 Å². The van der Waals surface area contributed by atoms with Crippen LogP contribution in [-0.2, 0) is 48.0 Å². The molecule has 3 aromatic carbocycles. The highest BCUT2D eigenvalue weighted by Crippen LogP contribution is 2.44. The zero-order valence-electron chi connectivity index (χ0n) is 31.1. The molecule has 2 unspecified atom stereocenters. The normalized spacial score (nSPS) is 19.1. The fourth-order valence-corrected chi connectivity index (χ4v) is 7.50. The summed E-state index contributed by atoms with van der Waals surface area (Å²) in [4.78, 5) is 79.0. The molecule has 13 heteroatoms. The lowest BCUT2D eigenvalue weighted by atomic mass is 9.78. The van der Waals surface area contributed by atoms with Crippen LogP contribution in [0.25, 0.3) is 0 Å². The van der Waals surface area contributed by atoms with E-state index in [1.807, 2.05) is 42.5 Å². The first-order chi connectivity index (χ1) is 26.6. The van der Waals surface area contributed by atoms with Gasteiger partial charge in [-0.1, -0.05) is 85.1 Å². The second-order valence-electron chi connectivity index (χ2n) is 14.6. The van der Waals surface area contributed by atoms with Crippen molar-refractivity contribution >= 4 is 52.7 Å². The van der Waals surface area contributed by atoms with Crippen molar-refractivity contribution in [3.8, 4) is 0 Å². The molecule has 1 aliphatic carbocycles. The minimum Gasteiger partial charge on any atom is -0.356 e. The number of hydrogen-bond donors (Lipinski definition) is 6. The van der Waals surface area contributed by atoms with Crippen LogP contribution in [0, 0.1) is 5.41 Å². The lowest BCUT2D eigenvalue weighted by Crippen LogP contribution is -2.51. The van der Waals surface area contributed by atoms with E-state index in [0.29, 0.717) is 34.9 Å². The summed E-state index contributed by atoms with van der Waals surface area (Å²) >= 11 is 6.42. The summed E-state index contributed by atoms with van der Waals surface area (Å²) in [5.74, 6) is -1.99. The van der Waals surface area contributed by atoms with Gasteiger partial charge in [0.05, 0.1) is 13.0 Å². The zero-order chi connectivity index (χ0) is 39.0. The van der Waals surface area contributed by atoms with Crippen LogP contribution in [0.2, 0.25) is 5.02 Å². The van der Waals surface area contributed by atoms with Gasteiger partial charge in [0.2, 0.25) is 35.4 Å². The van der Waals surface area contributed by atoms with Crippen LogP contribution in [0.3, 0.4) is 0 Å². The molecule has 1 spiro atoms. The van der Waals surface area contributed by atoms with E-state index in [4.69, 9.17) is 11.6 Å². The summed E-state index contributed by atoms with van der Waals surface area (Å²) in [6, 6.07) is 21.3. The van der Waals surface area contributed by atoms with Crippen molar-refractivity contribution in [1.29, 1.82) is 0 Å². The van der Waals surface area contributed by atoms with E-state index in [9.17, 15) is 28.8 Å². The number of benzene rings is 3. The number of carbonyl (C=O) groups is 6. The molecule has 2 atom stereocenters. The Morgan fingerprint density at radius 1 is 0.727 bits per heavy atom. The Kier molecular flexibility index (Phi) is 15.2. The van der Waals surface area contributed by atoms with E-state index < -0.39 is 29.3 Å². The van der Waals surface area contributed by atoms with Crippen LogP contribution < -0.4 is 31.9 Å². The Morgan fingerprint density at radius 2 is 1.38 bits per heavy atom. The minimum absolute atomic E-state index is 0.0738.